The van der Waals surface area contributed by atoms with Crippen molar-refractivity contribution in [2.75, 3.05) is 20.3 Å². The smallest absolute Gasteiger partial charge is 0.344 e. The third-order valence-corrected chi connectivity index (χ3v) is 3.90. The van der Waals surface area contributed by atoms with Crippen molar-refractivity contribution in [3.05, 3.63) is 40.8 Å². The number of nitrogens with one attached hydrogen (secondary N) is 1. The number of carbonyl (C=O) groups excluding carboxylic acids is 3. The molecule has 10 heteroatoms. The van der Waals surface area contributed by atoms with Gasteiger partial charge in [-0.15, -0.1) is 5.10 Å². The summed E-state index contributed by atoms with van der Waals surface area (Å²) in [6.45, 7) is 1.87. The molecule has 27 heavy (non-hydrogen) atoms. The molecule has 0 radical (unpaired) electrons. The predicted molar refractivity (Wildman–Crippen MR) is 99.4 cm³/mol. The molecule has 9 nitrogen and oxygen atoms in total. The zero-order chi connectivity index (χ0) is 19.6. The topological polar surface area (TPSA) is 116 Å². The second-order valence-electron chi connectivity index (χ2n) is 4.90. The van der Waals surface area contributed by atoms with Gasteiger partial charge >= 0.3 is 11.9 Å². The zero-order valence-corrected chi connectivity index (χ0v) is 15.4. The molecule has 2 rings (SSSR count). The molecule has 142 valence electrons. The van der Waals surface area contributed by atoms with E-state index >= 15 is 0 Å². The number of rotatable bonds is 7. The van der Waals surface area contributed by atoms with E-state index in [2.05, 4.69) is 20.3 Å². The van der Waals surface area contributed by atoms with Gasteiger partial charge in [0.15, 0.2) is 11.8 Å². The average Bonchev–Trinajstić information content (AvgIpc) is 3.00. The lowest BCUT2D eigenvalue weighted by molar-refractivity contribution is -0.145. The van der Waals surface area contributed by atoms with Gasteiger partial charge < -0.3 is 14.2 Å². The highest BCUT2D eigenvalue weighted by atomic mass is 32.2. The first-order chi connectivity index (χ1) is 13.0. The Morgan fingerprint density at radius 3 is 2.67 bits per heavy atom. The molecular formula is C17H17N3O6S. The maximum atomic E-state index is 11.7. The van der Waals surface area contributed by atoms with Crippen LogP contribution in [0.2, 0.25) is 0 Å². The fourth-order valence-corrected chi connectivity index (χ4v) is 2.52. The number of ether oxygens (including phenoxy) is 3. The van der Waals surface area contributed by atoms with Crippen molar-refractivity contribution >= 4 is 41.0 Å². The van der Waals surface area contributed by atoms with E-state index in [9.17, 15) is 14.4 Å². The highest BCUT2D eigenvalue weighted by Crippen LogP contribution is 2.23. The summed E-state index contributed by atoms with van der Waals surface area (Å²) >= 11 is 0.985. The SMILES string of the molecule is CCOC(=O)COc1ccc(C=N/N=C2/NC(=O)/C(=C\C(=O)OC)S2)cc1. The van der Waals surface area contributed by atoms with Crippen molar-refractivity contribution in [1.82, 2.24) is 5.32 Å². The molecule has 0 aromatic heterocycles. The Bertz CT molecular complexity index is 801. The standard InChI is InChI=1S/C17H17N3O6S/c1-3-25-15(22)10-26-12-6-4-11(5-7-12)9-18-20-17-19-16(23)13(27-17)8-14(21)24-2/h4-9H,3,10H2,1-2H3,(H,19,20,23)/b13-8+,18-9?. The summed E-state index contributed by atoms with van der Waals surface area (Å²) in [4.78, 5) is 34.2. The van der Waals surface area contributed by atoms with Crippen LogP contribution in [0.5, 0.6) is 5.75 Å². The summed E-state index contributed by atoms with van der Waals surface area (Å²) in [7, 11) is 1.23. The number of hydrogen-bond acceptors (Lipinski definition) is 9. The first-order valence-electron chi connectivity index (χ1n) is 7.80. The van der Waals surface area contributed by atoms with Crippen molar-refractivity contribution in [3.63, 3.8) is 0 Å². The van der Waals surface area contributed by atoms with Crippen molar-refractivity contribution in [2.24, 2.45) is 10.2 Å². The Labute approximate surface area is 159 Å². The molecule has 0 aliphatic carbocycles. The monoisotopic (exact) mass is 391 g/mol. The molecule has 1 amide bonds. The number of methoxy groups -OCH3 is 1. The largest absolute Gasteiger partial charge is 0.482 e. The van der Waals surface area contributed by atoms with Crippen molar-refractivity contribution < 1.29 is 28.6 Å². The Kier molecular flexibility index (Phi) is 7.56. The fourth-order valence-electron chi connectivity index (χ4n) is 1.78. The second-order valence-corrected chi connectivity index (χ2v) is 5.93. The van der Waals surface area contributed by atoms with Gasteiger partial charge in [-0.25, -0.2) is 9.59 Å². The molecule has 1 fully saturated rings. The van der Waals surface area contributed by atoms with Crippen LogP contribution < -0.4 is 10.1 Å². The van der Waals surface area contributed by atoms with Gasteiger partial charge in [0.1, 0.15) is 5.75 Å². The number of amidine groups is 1. The van der Waals surface area contributed by atoms with E-state index in [0.29, 0.717) is 12.4 Å². The summed E-state index contributed by atoms with van der Waals surface area (Å²) in [6, 6.07) is 6.81. The normalized spacial score (nSPS) is 16.6. The lowest BCUT2D eigenvalue weighted by Crippen LogP contribution is -2.19. The Hall–Kier alpha value is -3.14. The quantitative estimate of drug-likeness (QED) is 0.322. The minimum Gasteiger partial charge on any atom is -0.482 e. The van der Waals surface area contributed by atoms with E-state index in [1.807, 2.05) is 0 Å². The number of amides is 1. The molecule has 1 aromatic carbocycles. The third-order valence-electron chi connectivity index (χ3n) is 3.00. The van der Waals surface area contributed by atoms with Gasteiger partial charge in [-0.2, -0.15) is 5.10 Å². The third kappa shape index (κ3) is 6.59. The zero-order valence-electron chi connectivity index (χ0n) is 14.6. The van der Waals surface area contributed by atoms with Crippen molar-refractivity contribution in [1.29, 1.82) is 0 Å². The lowest BCUT2D eigenvalue weighted by Gasteiger charge is -2.05. The average molecular weight is 391 g/mol. The van der Waals surface area contributed by atoms with Crippen LogP contribution in [0.3, 0.4) is 0 Å². The van der Waals surface area contributed by atoms with Gasteiger partial charge in [-0.3, -0.25) is 10.1 Å². The summed E-state index contributed by atoms with van der Waals surface area (Å²) in [5, 5.41) is 10.5. The maximum absolute atomic E-state index is 11.7. The van der Waals surface area contributed by atoms with Crippen molar-refractivity contribution in [3.8, 4) is 5.75 Å². The molecule has 1 aliphatic heterocycles. The van der Waals surface area contributed by atoms with Crippen LogP contribution in [0.4, 0.5) is 0 Å². The molecule has 1 N–H and O–H groups in total. The van der Waals surface area contributed by atoms with Crippen LogP contribution in [0.15, 0.2) is 45.4 Å². The molecule has 1 aromatic rings. The first-order valence-corrected chi connectivity index (χ1v) is 8.61. The second kappa shape index (κ2) is 10.1. The van der Waals surface area contributed by atoms with Crippen LogP contribution in [-0.4, -0.2) is 49.6 Å². The van der Waals surface area contributed by atoms with E-state index in [0.717, 1.165) is 23.4 Å². The summed E-state index contributed by atoms with van der Waals surface area (Å²) < 4.78 is 14.5. The van der Waals surface area contributed by atoms with E-state index in [1.165, 1.54) is 13.3 Å². The number of benzene rings is 1. The first kappa shape index (κ1) is 20.2. The molecule has 0 atom stereocenters. The minimum atomic E-state index is -0.623. The summed E-state index contributed by atoms with van der Waals surface area (Å²) in [5.74, 6) is -0.983. The number of nitrogens with zero attached hydrogens (tertiary/aromatic N) is 2. The Morgan fingerprint density at radius 2 is 2.00 bits per heavy atom. The Morgan fingerprint density at radius 1 is 1.26 bits per heavy atom. The van der Waals surface area contributed by atoms with Crippen molar-refractivity contribution in [2.45, 2.75) is 6.92 Å². The molecule has 1 saturated heterocycles. The number of carbonyl (C=O) groups is 3. The lowest BCUT2D eigenvalue weighted by atomic mass is 10.2. The van der Waals surface area contributed by atoms with E-state index in [-0.39, 0.29) is 16.7 Å². The highest BCUT2D eigenvalue weighted by Gasteiger charge is 2.24. The van der Waals surface area contributed by atoms with Gasteiger partial charge in [0.05, 0.1) is 24.8 Å². The molecule has 1 aliphatic rings. The van der Waals surface area contributed by atoms with Crippen LogP contribution >= 0.6 is 11.8 Å². The predicted octanol–water partition coefficient (Wildman–Crippen LogP) is 1.24. The summed E-state index contributed by atoms with van der Waals surface area (Å²) in [5.41, 5.74) is 0.738. The maximum Gasteiger partial charge on any atom is 0.344 e. The highest BCUT2D eigenvalue weighted by molar-refractivity contribution is 8.18. The molecule has 0 saturated carbocycles. The molecule has 1 heterocycles. The van der Waals surface area contributed by atoms with Crippen LogP contribution in [0.1, 0.15) is 12.5 Å². The van der Waals surface area contributed by atoms with Crippen LogP contribution in [-0.2, 0) is 23.9 Å². The van der Waals surface area contributed by atoms with E-state index < -0.39 is 17.8 Å². The van der Waals surface area contributed by atoms with E-state index in [1.54, 1.807) is 31.2 Å². The van der Waals surface area contributed by atoms with Gasteiger partial charge in [0, 0.05) is 6.08 Å². The number of hydrogen-bond donors (Lipinski definition) is 1. The van der Waals surface area contributed by atoms with E-state index in [4.69, 9.17) is 9.47 Å². The molecule has 0 spiro atoms. The van der Waals surface area contributed by atoms with Crippen LogP contribution in [0.25, 0.3) is 0 Å². The molecular weight excluding hydrogens is 374 g/mol. The minimum absolute atomic E-state index is 0.159. The van der Waals surface area contributed by atoms with Gasteiger partial charge in [-0.05, 0) is 48.5 Å². The van der Waals surface area contributed by atoms with Gasteiger partial charge in [-0.1, -0.05) is 0 Å². The Balaban J connectivity index is 1.90. The molecule has 0 bridgehead atoms. The van der Waals surface area contributed by atoms with Gasteiger partial charge in [0.25, 0.3) is 5.91 Å². The summed E-state index contributed by atoms with van der Waals surface area (Å²) in [6.07, 6.45) is 2.57. The molecule has 0 unspecified atom stereocenters. The number of esters is 2. The van der Waals surface area contributed by atoms with Crippen LogP contribution in [0, 0.1) is 0 Å². The fraction of sp³-hybridized carbons (Fsp3) is 0.235. The number of thioether (sulfide) groups is 1. The van der Waals surface area contributed by atoms with Gasteiger partial charge in [0.2, 0.25) is 0 Å².